The van der Waals surface area contributed by atoms with Crippen LogP contribution in [0.15, 0.2) is 60.8 Å². The van der Waals surface area contributed by atoms with Gasteiger partial charge < -0.3 is 14.6 Å². The highest BCUT2D eigenvalue weighted by Crippen LogP contribution is 2.25. The first-order chi connectivity index (χ1) is 13.9. The normalized spacial score (nSPS) is 10.9. The Morgan fingerprint density at radius 2 is 1.90 bits per heavy atom. The van der Waals surface area contributed by atoms with E-state index in [9.17, 15) is 18.0 Å². The minimum absolute atomic E-state index is 0.0597. The quantitative estimate of drug-likeness (QED) is 0.567. The van der Waals surface area contributed by atoms with Crippen molar-refractivity contribution in [1.82, 2.24) is 4.98 Å². The predicted molar refractivity (Wildman–Crippen MR) is 98.1 cm³/mol. The standard InChI is InChI=1S/C21H14F3NO4/c22-16-3-1-2-14(21(16)24)12-28-15-6-8-19(25-11-15)29-18-7-4-13(10-17(18)23)5-9-20(26)27/h1-11H,12H2,(H,26,27)/b9-5+. The van der Waals surface area contributed by atoms with Gasteiger partial charge >= 0.3 is 5.97 Å². The van der Waals surface area contributed by atoms with E-state index in [0.29, 0.717) is 5.56 Å². The van der Waals surface area contributed by atoms with Crippen LogP contribution in [0.25, 0.3) is 6.08 Å². The Kier molecular flexibility index (Phi) is 6.13. The van der Waals surface area contributed by atoms with Crippen LogP contribution >= 0.6 is 0 Å². The van der Waals surface area contributed by atoms with E-state index >= 15 is 0 Å². The molecule has 0 spiro atoms. The molecule has 3 rings (SSSR count). The monoisotopic (exact) mass is 401 g/mol. The lowest BCUT2D eigenvalue weighted by atomic mass is 10.2. The Hall–Kier alpha value is -3.81. The SMILES string of the molecule is O=C(O)/C=C/c1ccc(Oc2ccc(OCc3cccc(F)c3F)cn2)c(F)c1. The van der Waals surface area contributed by atoms with Crippen molar-refractivity contribution in [3.63, 3.8) is 0 Å². The summed E-state index contributed by atoms with van der Waals surface area (Å²) in [6.07, 6.45) is 3.45. The van der Waals surface area contributed by atoms with Crippen LogP contribution in [0.1, 0.15) is 11.1 Å². The van der Waals surface area contributed by atoms with Crippen molar-refractivity contribution in [3.8, 4) is 17.4 Å². The Balaban J connectivity index is 1.63. The van der Waals surface area contributed by atoms with Gasteiger partial charge in [-0.2, -0.15) is 0 Å². The first-order valence-electron chi connectivity index (χ1n) is 8.32. The molecule has 0 aliphatic rings. The molecule has 0 unspecified atom stereocenters. The van der Waals surface area contributed by atoms with Gasteiger partial charge in [0.05, 0.1) is 6.20 Å². The highest BCUT2D eigenvalue weighted by molar-refractivity contribution is 5.85. The van der Waals surface area contributed by atoms with E-state index in [-0.39, 0.29) is 29.5 Å². The van der Waals surface area contributed by atoms with E-state index in [1.807, 2.05) is 0 Å². The van der Waals surface area contributed by atoms with Gasteiger partial charge in [-0.05, 0) is 35.9 Å². The van der Waals surface area contributed by atoms with Crippen LogP contribution in [0.4, 0.5) is 13.2 Å². The molecule has 0 saturated heterocycles. The molecule has 5 nitrogen and oxygen atoms in total. The molecule has 1 aromatic heterocycles. The summed E-state index contributed by atoms with van der Waals surface area (Å²) in [7, 11) is 0. The average molecular weight is 401 g/mol. The van der Waals surface area contributed by atoms with Crippen molar-refractivity contribution in [2.24, 2.45) is 0 Å². The summed E-state index contributed by atoms with van der Waals surface area (Å²) in [5.41, 5.74) is 0.419. The lowest BCUT2D eigenvalue weighted by Crippen LogP contribution is -2.00. The minimum atomic E-state index is -1.14. The lowest BCUT2D eigenvalue weighted by molar-refractivity contribution is -0.131. The van der Waals surface area contributed by atoms with Crippen molar-refractivity contribution in [2.75, 3.05) is 0 Å². The zero-order valence-corrected chi connectivity index (χ0v) is 14.8. The second-order valence-corrected chi connectivity index (χ2v) is 5.80. The van der Waals surface area contributed by atoms with Gasteiger partial charge in [-0.15, -0.1) is 0 Å². The smallest absolute Gasteiger partial charge is 0.328 e. The maximum absolute atomic E-state index is 14.1. The summed E-state index contributed by atoms with van der Waals surface area (Å²) in [5.74, 6) is -3.49. The number of pyridine rings is 1. The predicted octanol–water partition coefficient (Wildman–Crippen LogP) is 4.97. The van der Waals surface area contributed by atoms with Gasteiger partial charge in [0.2, 0.25) is 5.88 Å². The molecular weight excluding hydrogens is 387 g/mol. The number of aromatic nitrogens is 1. The van der Waals surface area contributed by atoms with Crippen LogP contribution in [-0.2, 0) is 11.4 Å². The summed E-state index contributed by atoms with van der Waals surface area (Å²) >= 11 is 0. The lowest BCUT2D eigenvalue weighted by Gasteiger charge is -2.09. The molecule has 0 bridgehead atoms. The molecule has 8 heteroatoms. The molecule has 3 aromatic rings. The largest absolute Gasteiger partial charge is 0.487 e. The van der Waals surface area contributed by atoms with Crippen molar-refractivity contribution in [1.29, 1.82) is 0 Å². The Labute approximate surface area is 163 Å². The number of nitrogens with zero attached hydrogens (tertiary/aromatic N) is 1. The Bertz CT molecular complexity index is 1050. The van der Waals surface area contributed by atoms with Crippen molar-refractivity contribution < 1.29 is 32.5 Å². The maximum atomic E-state index is 14.1. The van der Waals surface area contributed by atoms with Gasteiger partial charge in [0.15, 0.2) is 23.2 Å². The fourth-order valence-corrected chi connectivity index (χ4v) is 2.32. The van der Waals surface area contributed by atoms with Gasteiger partial charge in [-0.1, -0.05) is 18.2 Å². The first kappa shape index (κ1) is 19.9. The molecule has 29 heavy (non-hydrogen) atoms. The van der Waals surface area contributed by atoms with E-state index in [4.69, 9.17) is 14.6 Å². The number of hydrogen-bond donors (Lipinski definition) is 1. The van der Waals surface area contributed by atoms with Crippen molar-refractivity contribution in [2.45, 2.75) is 6.61 Å². The third-order valence-electron chi connectivity index (χ3n) is 3.72. The molecule has 0 aliphatic carbocycles. The van der Waals surface area contributed by atoms with Gasteiger partial charge in [0, 0.05) is 17.7 Å². The Morgan fingerprint density at radius 3 is 2.59 bits per heavy atom. The Morgan fingerprint density at radius 1 is 1.07 bits per heavy atom. The van der Waals surface area contributed by atoms with Gasteiger partial charge in [-0.3, -0.25) is 0 Å². The number of carboxylic acids is 1. The van der Waals surface area contributed by atoms with Crippen LogP contribution < -0.4 is 9.47 Å². The van der Waals surface area contributed by atoms with Crippen LogP contribution in [0.2, 0.25) is 0 Å². The highest BCUT2D eigenvalue weighted by Gasteiger charge is 2.09. The summed E-state index contributed by atoms with van der Waals surface area (Å²) in [6.45, 7) is -0.189. The molecule has 1 heterocycles. The number of benzene rings is 2. The fourth-order valence-electron chi connectivity index (χ4n) is 2.32. The molecule has 1 N–H and O–H groups in total. The average Bonchev–Trinajstić information content (AvgIpc) is 2.70. The summed E-state index contributed by atoms with van der Waals surface area (Å²) in [5, 5.41) is 8.59. The molecule has 0 amide bonds. The number of aliphatic carboxylic acids is 1. The van der Waals surface area contributed by atoms with E-state index in [0.717, 1.165) is 18.2 Å². The van der Waals surface area contributed by atoms with Crippen LogP contribution in [0.3, 0.4) is 0 Å². The van der Waals surface area contributed by atoms with Gasteiger partial charge in [0.25, 0.3) is 0 Å². The molecule has 0 atom stereocenters. The number of ether oxygens (including phenoxy) is 2. The maximum Gasteiger partial charge on any atom is 0.328 e. The van der Waals surface area contributed by atoms with Gasteiger partial charge in [0.1, 0.15) is 12.4 Å². The highest BCUT2D eigenvalue weighted by atomic mass is 19.2. The molecule has 0 aliphatic heterocycles. The molecule has 148 valence electrons. The summed E-state index contributed by atoms with van der Waals surface area (Å²) < 4.78 is 51.6. The van der Waals surface area contributed by atoms with E-state index < -0.39 is 23.4 Å². The number of carboxylic acid groups (broad SMARTS) is 1. The van der Waals surface area contributed by atoms with Crippen LogP contribution in [0.5, 0.6) is 17.4 Å². The second-order valence-electron chi connectivity index (χ2n) is 5.80. The number of hydrogen-bond acceptors (Lipinski definition) is 4. The molecular formula is C21H14F3NO4. The summed E-state index contributed by atoms with van der Waals surface area (Å²) in [6, 6.07) is 10.7. The second kappa shape index (κ2) is 8.92. The third kappa shape index (κ3) is 5.35. The third-order valence-corrected chi connectivity index (χ3v) is 3.72. The van der Waals surface area contributed by atoms with Gasteiger partial charge in [-0.25, -0.2) is 22.9 Å². The molecule has 0 saturated carbocycles. The topological polar surface area (TPSA) is 68.7 Å². The summed E-state index contributed by atoms with van der Waals surface area (Å²) in [4.78, 5) is 14.5. The van der Waals surface area contributed by atoms with Crippen molar-refractivity contribution in [3.05, 3.63) is 89.4 Å². The molecule has 0 fully saturated rings. The van der Waals surface area contributed by atoms with Crippen LogP contribution in [0, 0.1) is 17.5 Å². The number of carbonyl (C=O) groups is 1. The zero-order valence-electron chi connectivity index (χ0n) is 14.8. The zero-order chi connectivity index (χ0) is 20.8. The molecule has 2 aromatic carbocycles. The van der Waals surface area contributed by atoms with E-state index in [2.05, 4.69) is 4.98 Å². The van der Waals surface area contributed by atoms with Crippen LogP contribution in [-0.4, -0.2) is 16.1 Å². The first-order valence-corrected chi connectivity index (χ1v) is 8.32. The molecule has 0 radical (unpaired) electrons. The number of halogens is 3. The minimum Gasteiger partial charge on any atom is -0.487 e. The van der Waals surface area contributed by atoms with E-state index in [1.165, 1.54) is 48.7 Å². The fraction of sp³-hybridized carbons (Fsp3) is 0.0476. The van der Waals surface area contributed by atoms with Crippen molar-refractivity contribution >= 4 is 12.0 Å². The number of rotatable bonds is 7. The van der Waals surface area contributed by atoms with E-state index in [1.54, 1.807) is 0 Å².